The van der Waals surface area contributed by atoms with Crippen molar-refractivity contribution in [2.45, 2.75) is 12.3 Å². The second kappa shape index (κ2) is 9.27. The molecule has 4 N–H and O–H groups in total. The summed E-state index contributed by atoms with van der Waals surface area (Å²) in [6, 6.07) is 12.5. The second-order valence-electron chi connectivity index (χ2n) is 6.58. The van der Waals surface area contributed by atoms with Gasteiger partial charge in [-0.25, -0.2) is 9.18 Å². The molecule has 2 atom stereocenters. The molecule has 150 valence electrons. The molecule has 2 aromatic carbocycles. The normalized spacial score (nSPS) is 20.0. The standard InChI is InChI=1S/C19H20FNO3.CH3NO2/c20-15-3-1-13(2-4-15)17-7-8-21-10-14(17)11-22-16-5-6-18-19(9-16)24-12-23-18;2-1(3)4/h1-6,9,14,17,21H,7-8,10-12H2;2H2,(H,3,4)/t14-,17-;/m0./s1. The minimum Gasteiger partial charge on any atom is -0.493 e. The van der Waals surface area contributed by atoms with Crippen molar-refractivity contribution in [2.75, 3.05) is 26.5 Å². The molecule has 0 aromatic heterocycles. The number of hydrogen-bond acceptors (Lipinski definition) is 5. The molecule has 2 aromatic rings. The lowest BCUT2D eigenvalue weighted by atomic mass is 9.81. The van der Waals surface area contributed by atoms with Gasteiger partial charge in [-0.15, -0.1) is 0 Å². The average molecular weight is 390 g/mol. The summed E-state index contributed by atoms with van der Waals surface area (Å²) in [5, 5.41) is 10.6. The molecule has 2 aliphatic heterocycles. The van der Waals surface area contributed by atoms with Gasteiger partial charge in [0.25, 0.3) is 0 Å². The third-order valence-corrected chi connectivity index (χ3v) is 4.71. The van der Waals surface area contributed by atoms with Crippen molar-refractivity contribution in [3.63, 3.8) is 0 Å². The van der Waals surface area contributed by atoms with E-state index in [1.165, 1.54) is 17.7 Å². The molecule has 1 amide bonds. The SMILES string of the molecule is Fc1ccc([C@@H]2CCNC[C@H]2COc2ccc3c(c2)OCO3)cc1.NC(=O)O. The summed E-state index contributed by atoms with van der Waals surface area (Å²) in [7, 11) is 0. The number of ether oxygens (including phenoxy) is 3. The van der Waals surface area contributed by atoms with E-state index in [4.69, 9.17) is 24.1 Å². The van der Waals surface area contributed by atoms with E-state index in [1.807, 2.05) is 30.3 Å². The van der Waals surface area contributed by atoms with Crippen LogP contribution in [0.4, 0.5) is 9.18 Å². The molecule has 0 aliphatic carbocycles. The van der Waals surface area contributed by atoms with Gasteiger partial charge in [-0.2, -0.15) is 0 Å². The predicted octanol–water partition coefficient (Wildman–Crippen LogP) is 2.95. The number of nitrogens with two attached hydrogens (primary N) is 1. The van der Waals surface area contributed by atoms with Crippen LogP contribution in [0.25, 0.3) is 0 Å². The van der Waals surface area contributed by atoms with Crippen molar-refractivity contribution in [3.05, 3.63) is 53.8 Å². The third-order valence-electron chi connectivity index (χ3n) is 4.71. The molecular formula is C20H23FN2O5. The predicted molar refractivity (Wildman–Crippen MR) is 100 cm³/mol. The quantitative estimate of drug-likeness (QED) is 0.742. The summed E-state index contributed by atoms with van der Waals surface area (Å²) >= 11 is 0. The number of primary amides is 1. The highest BCUT2D eigenvalue weighted by Gasteiger charge is 2.27. The van der Waals surface area contributed by atoms with Crippen LogP contribution in [0.2, 0.25) is 0 Å². The second-order valence-corrected chi connectivity index (χ2v) is 6.58. The topological polar surface area (TPSA) is 103 Å². The van der Waals surface area contributed by atoms with Gasteiger partial charge in [0.1, 0.15) is 11.6 Å². The zero-order chi connectivity index (χ0) is 19.9. The van der Waals surface area contributed by atoms with E-state index in [9.17, 15) is 4.39 Å². The Labute approximate surface area is 162 Å². The number of nitrogens with one attached hydrogen (secondary N) is 1. The van der Waals surface area contributed by atoms with Crippen LogP contribution in [0.5, 0.6) is 17.2 Å². The minimum absolute atomic E-state index is 0.194. The monoisotopic (exact) mass is 390 g/mol. The van der Waals surface area contributed by atoms with E-state index < -0.39 is 6.09 Å². The van der Waals surface area contributed by atoms with Crippen molar-refractivity contribution in [3.8, 4) is 17.2 Å². The van der Waals surface area contributed by atoms with E-state index in [1.54, 1.807) is 0 Å². The molecule has 1 saturated heterocycles. The number of carboxylic acid groups (broad SMARTS) is 1. The number of carbonyl (C=O) groups is 1. The Morgan fingerprint density at radius 1 is 1.21 bits per heavy atom. The summed E-state index contributed by atoms with van der Waals surface area (Å²) in [6.07, 6.45) is -0.305. The average Bonchev–Trinajstić information content (AvgIpc) is 3.15. The van der Waals surface area contributed by atoms with Gasteiger partial charge in [-0.1, -0.05) is 12.1 Å². The number of benzene rings is 2. The summed E-state index contributed by atoms with van der Waals surface area (Å²) in [4.78, 5) is 8.78. The van der Waals surface area contributed by atoms with Crippen LogP contribution in [0, 0.1) is 11.7 Å². The molecular weight excluding hydrogens is 367 g/mol. The molecule has 0 bridgehead atoms. The molecule has 0 spiro atoms. The zero-order valence-electron chi connectivity index (χ0n) is 15.3. The molecule has 7 nitrogen and oxygen atoms in total. The maximum Gasteiger partial charge on any atom is 0.402 e. The Balaban J connectivity index is 0.000000516. The summed E-state index contributed by atoms with van der Waals surface area (Å²) in [6.45, 7) is 2.74. The number of hydrogen-bond donors (Lipinski definition) is 3. The smallest absolute Gasteiger partial charge is 0.402 e. The highest BCUT2D eigenvalue weighted by Crippen LogP contribution is 2.36. The maximum absolute atomic E-state index is 13.2. The first-order valence-corrected chi connectivity index (χ1v) is 9.00. The lowest BCUT2D eigenvalue weighted by Crippen LogP contribution is -2.38. The Bertz CT molecular complexity index is 796. The highest BCUT2D eigenvalue weighted by atomic mass is 19.1. The number of rotatable bonds is 4. The van der Waals surface area contributed by atoms with E-state index in [0.29, 0.717) is 18.4 Å². The maximum atomic E-state index is 13.2. The summed E-state index contributed by atoms with van der Waals surface area (Å²) < 4.78 is 29.9. The Kier molecular flexibility index (Phi) is 6.54. The van der Waals surface area contributed by atoms with Crippen LogP contribution >= 0.6 is 0 Å². The minimum atomic E-state index is -1.33. The number of piperidine rings is 1. The number of amides is 1. The van der Waals surface area contributed by atoms with Crippen LogP contribution in [0.3, 0.4) is 0 Å². The lowest BCUT2D eigenvalue weighted by molar-refractivity contribution is 0.173. The zero-order valence-corrected chi connectivity index (χ0v) is 15.3. The van der Waals surface area contributed by atoms with E-state index in [2.05, 4.69) is 11.1 Å². The van der Waals surface area contributed by atoms with E-state index in [-0.39, 0.29) is 12.6 Å². The molecule has 2 heterocycles. The first-order chi connectivity index (χ1) is 13.5. The summed E-state index contributed by atoms with van der Waals surface area (Å²) in [5.41, 5.74) is 5.21. The largest absolute Gasteiger partial charge is 0.493 e. The molecule has 0 saturated carbocycles. The van der Waals surface area contributed by atoms with Crippen molar-refractivity contribution in [2.24, 2.45) is 11.7 Å². The van der Waals surface area contributed by atoms with Crippen molar-refractivity contribution in [1.29, 1.82) is 0 Å². The van der Waals surface area contributed by atoms with Gasteiger partial charge in [-0.3, -0.25) is 0 Å². The molecule has 28 heavy (non-hydrogen) atoms. The molecule has 0 unspecified atom stereocenters. The van der Waals surface area contributed by atoms with E-state index in [0.717, 1.165) is 36.8 Å². The third kappa shape index (κ3) is 5.26. The fourth-order valence-corrected chi connectivity index (χ4v) is 3.42. The first-order valence-electron chi connectivity index (χ1n) is 9.00. The van der Waals surface area contributed by atoms with Crippen molar-refractivity contribution in [1.82, 2.24) is 5.32 Å². The van der Waals surface area contributed by atoms with Gasteiger partial charge < -0.3 is 30.4 Å². The van der Waals surface area contributed by atoms with Gasteiger partial charge in [0.15, 0.2) is 11.5 Å². The van der Waals surface area contributed by atoms with Crippen LogP contribution in [-0.4, -0.2) is 37.7 Å². The molecule has 2 aliphatic rings. The van der Waals surface area contributed by atoms with Crippen molar-refractivity contribution >= 4 is 6.09 Å². The van der Waals surface area contributed by atoms with Crippen LogP contribution in [0.1, 0.15) is 17.9 Å². The molecule has 4 rings (SSSR count). The lowest BCUT2D eigenvalue weighted by Gasteiger charge is -2.32. The van der Waals surface area contributed by atoms with Crippen LogP contribution in [0.15, 0.2) is 42.5 Å². The van der Waals surface area contributed by atoms with Gasteiger partial charge >= 0.3 is 6.09 Å². The van der Waals surface area contributed by atoms with Gasteiger partial charge in [0.2, 0.25) is 6.79 Å². The van der Waals surface area contributed by atoms with Gasteiger partial charge in [0.05, 0.1) is 6.61 Å². The Morgan fingerprint density at radius 2 is 1.93 bits per heavy atom. The molecule has 8 heteroatoms. The first kappa shape index (κ1) is 19.8. The fourth-order valence-electron chi connectivity index (χ4n) is 3.42. The van der Waals surface area contributed by atoms with Gasteiger partial charge in [-0.05, 0) is 48.7 Å². The Hall–Kier alpha value is -3.00. The van der Waals surface area contributed by atoms with Crippen LogP contribution < -0.4 is 25.3 Å². The highest BCUT2D eigenvalue weighted by molar-refractivity contribution is 5.61. The number of fused-ring (bicyclic) bond motifs is 1. The molecule has 0 radical (unpaired) electrons. The molecule has 1 fully saturated rings. The fraction of sp³-hybridized carbons (Fsp3) is 0.350. The van der Waals surface area contributed by atoms with Gasteiger partial charge in [0, 0.05) is 18.5 Å². The van der Waals surface area contributed by atoms with Crippen molar-refractivity contribution < 1.29 is 28.5 Å². The van der Waals surface area contributed by atoms with Crippen LogP contribution in [-0.2, 0) is 0 Å². The van der Waals surface area contributed by atoms with E-state index >= 15 is 0 Å². The number of halogens is 1. The summed E-state index contributed by atoms with van der Waals surface area (Å²) in [5.74, 6) is 2.79. The Morgan fingerprint density at radius 3 is 2.68 bits per heavy atom.